The molecule has 0 spiro atoms. The maximum Gasteiger partial charge on any atom is 0.339 e. The number of nitrogens with two attached hydrogens (primary N) is 1. The molecule has 0 fully saturated rings. The Morgan fingerprint density at radius 3 is 1.47 bits per heavy atom. The highest BCUT2D eigenvalue weighted by atomic mass is 16.6. The van der Waals surface area contributed by atoms with Crippen molar-refractivity contribution in [3.05, 3.63) is 0 Å². The number of ether oxygens (including phenoxy) is 2. The van der Waals surface area contributed by atoms with Crippen molar-refractivity contribution in [1.29, 1.82) is 0 Å². The van der Waals surface area contributed by atoms with Gasteiger partial charge in [-0.25, -0.2) is 9.59 Å². The van der Waals surface area contributed by atoms with Crippen molar-refractivity contribution in [2.75, 3.05) is 13.6 Å². The number of carbonyl (C=O) groups is 2. The van der Waals surface area contributed by atoms with E-state index in [4.69, 9.17) is 15.2 Å². The van der Waals surface area contributed by atoms with Crippen molar-refractivity contribution in [3.8, 4) is 0 Å². The number of carbonyl (C=O) groups excluding carboxylic acids is 2. The van der Waals surface area contributed by atoms with Crippen molar-refractivity contribution >= 4 is 11.9 Å². The lowest BCUT2D eigenvalue weighted by molar-refractivity contribution is -0.176. The van der Waals surface area contributed by atoms with Crippen LogP contribution >= 0.6 is 0 Å². The third kappa shape index (κ3) is 6.02. The van der Waals surface area contributed by atoms with Gasteiger partial charge in [-0.3, -0.25) is 0 Å². The minimum Gasteiger partial charge on any atom is -0.458 e. The molecular weight excluding hydrogens is 248 g/mol. The van der Waals surface area contributed by atoms with E-state index in [1.165, 1.54) is 0 Å². The second-order valence-corrected chi connectivity index (χ2v) is 6.51. The molecule has 0 saturated heterocycles. The van der Waals surface area contributed by atoms with Gasteiger partial charge in [-0.05, 0) is 48.6 Å². The maximum atomic E-state index is 12.1. The molecule has 0 saturated carbocycles. The summed E-state index contributed by atoms with van der Waals surface area (Å²) in [5.74, 6) is -1.60. The van der Waals surface area contributed by atoms with E-state index in [1.54, 1.807) is 48.6 Å². The molecule has 0 radical (unpaired) electrons. The fourth-order valence-electron chi connectivity index (χ4n) is 1.24. The van der Waals surface area contributed by atoms with E-state index in [0.29, 0.717) is 0 Å². The second-order valence-electron chi connectivity index (χ2n) is 6.51. The van der Waals surface area contributed by atoms with Crippen molar-refractivity contribution in [1.82, 2.24) is 5.32 Å². The van der Waals surface area contributed by atoms with E-state index in [0.717, 1.165) is 0 Å². The van der Waals surface area contributed by atoms with Crippen LogP contribution < -0.4 is 11.1 Å². The predicted octanol–water partition coefficient (Wildman–Crippen LogP) is 0.587. The first-order chi connectivity index (χ1) is 8.32. The number of nitrogens with one attached hydrogen (secondary N) is 1. The molecule has 0 unspecified atom stereocenters. The Morgan fingerprint density at radius 1 is 0.947 bits per heavy atom. The number of esters is 2. The largest absolute Gasteiger partial charge is 0.458 e. The van der Waals surface area contributed by atoms with E-state index in [1.807, 2.05) is 0 Å². The average Bonchev–Trinajstić information content (AvgIpc) is 2.12. The van der Waals surface area contributed by atoms with E-state index in [2.05, 4.69) is 5.32 Å². The molecule has 6 heteroatoms. The van der Waals surface area contributed by atoms with Crippen LogP contribution in [0, 0.1) is 0 Å². The van der Waals surface area contributed by atoms with Gasteiger partial charge < -0.3 is 20.5 Å². The Balaban J connectivity index is 5.14. The van der Waals surface area contributed by atoms with Crippen LogP contribution in [0.4, 0.5) is 0 Å². The first-order valence-electron chi connectivity index (χ1n) is 6.22. The molecule has 0 rings (SSSR count). The molecule has 0 aliphatic heterocycles. The first-order valence-corrected chi connectivity index (χ1v) is 6.22. The topological polar surface area (TPSA) is 90.6 Å². The summed E-state index contributed by atoms with van der Waals surface area (Å²) in [5.41, 5.74) is 2.60. The summed E-state index contributed by atoms with van der Waals surface area (Å²) >= 11 is 0. The Kier molecular flexibility index (Phi) is 5.53. The van der Waals surface area contributed by atoms with Gasteiger partial charge in [-0.15, -0.1) is 0 Å². The highest BCUT2D eigenvalue weighted by Crippen LogP contribution is 2.17. The minimum atomic E-state index is -1.85. The molecule has 0 amide bonds. The number of hydrogen-bond donors (Lipinski definition) is 2. The summed E-state index contributed by atoms with van der Waals surface area (Å²) in [6.07, 6.45) is 0. The minimum absolute atomic E-state index is 0.0587. The second kappa shape index (κ2) is 5.88. The maximum absolute atomic E-state index is 12.1. The van der Waals surface area contributed by atoms with Crippen LogP contribution in [0.2, 0.25) is 0 Å². The van der Waals surface area contributed by atoms with Gasteiger partial charge in [-0.2, -0.15) is 0 Å². The number of rotatable bonds is 4. The fraction of sp³-hybridized carbons (Fsp3) is 0.846. The van der Waals surface area contributed by atoms with Gasteiger partial charge in [-0.1, -0.05) is 0 Å². The van der Waals surface area contributed by atoms with Crippen LogP contribution in [0.25, 0.3) is 0 Å². The summed E-state index contributed by atoms with van der Waals surface area (Å²) in [6, 6.07) is 0. The molecule has 0 aromatic heterocycles. The SMILES string of the molecule is CNCC(N)(C(=O)OC(C)(C)C)C(=O)OC(C)(C)C. The fourth-order valence-corrected chi connectivity index (χ4v) is 1.24. The standard InChI is InChI=1S/C13H26N2O4/c1-11(2,3)18-9(16)13(14,8-15-7)10(17)19-12(4,5)6/h15H,8,14H2,1-7H3. The molecule has 3 N–H and O–H groups in total. The monoisotopic (exact) mass is 274 g/mol. The van der Waals surface area contributed by atoms with Crippen molar-refractivity contribution < 1.29 is 19.1 Å². The highest BCUT2D eigenvalue weighted by molar-refractivity contribution is 6.05. The Bertz CT molecular complexity index is 312. The average molecular weight is 274 g/mol. The third-order valence-electron chi connectivity index (χ3n) is 1.98. The lowest BCUT2D eigenvalue weighted by atomic mass is 10.00. The van der Waals surface area contributed by atoms with Gasteiger partial charge in [0.2, 0.25) is 5.54 Å². The van der Waals surface area contributed by atoms with Gasteiger partial charge in [0.25, 0.3) is 0 Å². The van der Waals surface area contributed by atoms with Gasteiger partial charge in [0, 0.05) is 6.54 Å². The summed E-state index contributed by atoms with van der Waals surface area (Å²) in [5, 5.41) is 2.71. The summed E-state index contributed by atoms with van der Waals surface area (Å²) in [6.45, 7) is 10.2. The molecule has 0 aromatic carbocycles. The van der Waals surface area contributed by atoms with Crippen molar-refractivity contribution in [2.45, 2.75) is 58.3 Å². The van der Waals surface area contributed by atoms with E-state index >= 15 is 0 Å². The van der Waals surface area contributed by atoms with Crippen LogP contribution in [-0.2, 0) is 19.1 Å². The van der Waals surface area contributed by atoms with Crippen molar-refractivity contribution in [2.24, 2.45) is 5.73 Å². The zero-order valence-corrected chi connectivity index (χ0v) is 12.9. The van der Waals surface area contributed by atoms with E-state index < -0.39 is 28.7 Å². The molecule has 0 bridgehead atoms. The zero-order valence-electron chi connectivity index (χ0n) is 12.9. The van der Waals surface area contributed by atoms with Crippen LogP contribution in [0.3, 0.4) is 0 Å². The van der Waals surface area contributed by atoms with Crippen LogP contribution in [-0.4, -0.2) is 42.3 Å². The Labute approximate surface area is 115 Å². The lowest BCUT2D eigenvalue weighted by Crippen LogP contribution is -2.63. The summed E-state index contributed by atoms with van der Waals surface area (Å²) in [4.78, 5) is 24.2. The molecular formula is C13H26N2O4. The molecule has 0 aliphatic carbocycles. The normalized spacial score (nSPS) is 13.1. The first kappa shape index (κ1) is 17.9. The van der Waals surface area contributed by atoms with Crippen molar-refractivity contribution in [3.63, 3.8) is 0 Å². The van der Waals surface area contributed by atoms with E-state index in [9.17, 15) is 9.59 Å². The Morgan fingerprint density at radius 2 is 1.26 bits per heavy atom. The molecule has 0 atom stereocenters. The van der Waals surface area contributed by atoms with Crippen LogP contribution in [0.1, 0.15) is 41.5 Å². The smallest absolute Gasteiger partial charge is 0.339 e. The molecule has 112 valence electrons. The molecule has 0 aromatic rings. The van der Waals surface area contributed by atoms with E-state index in [-0.39, 0.29) is 6.54 Å². The van der Waals surface area contributed by atoms with Gasteiger partial charge >= 0.3 is 11.9 Å². The quantitative estimate of drug-likeness (QED) is 0.576. The number of likely N-dealkylation sites (N-methyl/N-ethyl adjacent to an activating group) is 1. The lowest BCUT2D eigenvalue weighted by Gasteiger charge is -2.31. The van der Waals surface area contributed by atoms with Gasteiger partial charge in [0.1, 0.15) is 11.2 Å². The van der Waals surface area contributed by atoms with Gasteiger partial charge in [0.15, 0.2) is 0 Å². The highest BCUT2D eigenvalue weighted by Gasteiger charge is 2.47. The van der Waals surface area contributed by atoms with Crippen LogP contribution in [0.5, 0.6) is 0 Å². The Hall–Kier alpha value is -1.14. The number of hydrogen-bond acceptors (Lipinski definition) is 6. The third-order valence-corrected chi connectivity index (χ3v) is 1.98. The predicted molar refractivity (Wildman–Crippen MR) is 72.5 cm³/mol. The summed E-state index contributed by atoms with van der Waals surface area (Å²) in [7, 11) is 1.59. The summed E-state index contributed by atoms with van der Waals surface area (Å²) < 4.78 is 10.4. The van der Waals surface area contributed by atoms with Crippen LogP contribution in [0.15, 0.2) is 0 Å². The van der Waals surface area contributed by atoms with Gasteiger partial charge in [0.05, 0.1) is 0 Å². The zero-order chi connectivity index (χ0) is 15.5. The molecule has 6 nitrogen and oxygen atoms in total. The molecule has 19 heavy (non-hydrogen) atoms. The molecule has 0 heterocycles. The molecule has 0 aliphatic rings.